The number of hydrogen-bond donors (Lipinski definition) is 0. The third-order valence-corrected chi connectivity index (χ3v) is 4.06. The number of aryl methyl sites for hydroxylation is 1. The van der Waals surface area contributed by atoms with Gasteiger partial charge in [0.1, 0.15) is 5.75 Å². The van der Waals surface area contributed by atoms with Gasteiger partial charge in [-0.2, -0.15) is 5.10 Å². The van der Waals surface area contributed by atoms with Crippen molar-refractivity contribution < 1.29 is 17.9 Å². The third-order valence-electron chi connectivity index (χ3n) is 4.06. The molecule has 1 fully saturated rings. The summed E-state index contributed by atoms with van der Waals surface area (Å²) in [6.07, 6.45) is 0.164. The lowest BCUT2D eigenvalue weighted by Gasteiger charge is -2.19. The molecule has 0 saturated carbocycles. The van der Waals surface area contributed by atoms with Gasteiger partial charge in [0.2, 0.25) is 0 Å². The molecule has 0 aliphatic carbocycles. The van der Waals surface area contributed by atoms with E-state index in [1.54, 1.807) is 22.9 Å². The van der Waals surface area contributed by atoms with E-state index in [-0.39, 0.29) is 5.75 Å². The third kappa shape index (κ3) is 4.04. The minimum Gasteiger partial charge on any atom is -0.405 e. The lowest BCUT2D eigenvalue weighted by atomic mass is 10.0. The lowest BCUT2D eigenvalue weighted by molar-refractivity contribution is -0.275. The van der Waals surface area contributed by atoms with Crippen molar-refractivity contribution in [3.63, 3.8) is 0 Å². The highest BCUT2D eigenvalue weighted by atomic mass is 19.4. The maximum Gasteiger partial charge on any atom is 0.573 e. The fourth-order valence-electron chi connectivity index (χ4n) is 3.00. The molecular weight excluding hydrogens is 307 g/mol. The van der Waals surface area contributed by atoms with Crippen LogP contribution in [0.3, 0.4) is 0 Å². The van der Waals surface area contributed by atoms with Crippen LogP contribution in [0.1, 0.15) is 23.5 Å². The monoisotopic (exact) mass is 325 g/mol. The van der Waals surface area contributed by atoms with Gasteiger partial charge in [-0.3, -0.25) is 9.58 Å². The zero-order valence-electron chi connectivity index (χ0n) is 12.8. The molecule has 2 heterocycles. The van der Waals surface area contributed by atoms with Crippen LogP contribution in [0.5, 0.6) is 5.75 Å². The standard InChI is InChI=1S/C16H18F3N3O/c1-21-9-14(8-20-21)12-6-7-22(10-12)11-13-4-2-3-5-15(13)23-16(17,18)19/h2-5,8-9,12H,6-7,10-11H2,1H3. The molecule has 1 aromatic carbocycles. The molecule has 1 atom stereocenters. The van der Waals surface area contributed by atoms with Crippen molar-refractivity contribution in [3.05, 3.63) is 47.8 Å². The van der Waals surface area contributed by atoms with E-state index in [9.17, 15) is 13.2 Å². The fourth-order valence-corrected chi connectivity index (χ4v) is 3.00. The van der Waals surface area contributed by atoms with Crippen molar-refractivity contribution in [2.24, 2.45) is 7.05 Å². The fraction of sp³-hybridized carbons (Fsp3) is 0.438. The second-order valence-electron chi connectivity index (χ2n) is 5.82. The van der Waals surface area contributed by atoms with E-state index in [1.807, 2.05) is 19.4 Å². The zero-order chi connectivity index (χ0) is 16.4. The van der Waals surface area contributed by atoms with Gasteiger partial charge < -0.3 is 4.74 Å². The Hall–Kier alpha value is -2.02. The van der Waals surface area contributed by atoms with Crippen molar-refractivity contribution in [2.45, 2.75) is 25.2 Å². The van der Waals surface area contributed by atoms with Gasteiger partial charge in [0.05, 0.1) is 6.20 Å². The molecule has 3 rings (SSSR count). The van der Waals surface area contributed by atoms with Crippen molar-refractivity contribution in [2.75, 3.05) is 13.1 Å². The number of alkyl halides is 3. The second kappa shape index (κ2) is 6.23. The molecule has 4 nitrogen and oxygen atoms in total. The molecule has 0 spiro atoms. The van der Waals surface area contributed by atoms with Gasteiger partial charge in [-0.15, -0.1) is 13.2 Å². The maximum absolute atomic E-state index is 12.5. The van der Waals surface area contributed by atoms with E-state index in [1.165, 1.54) is 11.6 Å². The van der Waals surface area contributed by atoms with Crippen molar-refractivity contribution in [1.29, 1.82) is 0 Å². The number of likely N-dealkylation sites (tertiary alicyclic amines) is 1. The molecule has 7 heteroatoms. The van der Waals surface area contributed by atoms with E-state index >= 15 is 0 Å². The normalized spacial score (nSPS) is 19.2. The summed E-state index contributed by atoms with van der Waals surface area (Å²) in [6, 6.07) is 6.32. The van der Waals surface area contributed by atoms with Crippen LogP contribution in [0.2, 0.25) is 0 Å². The van der Waals surface area contributed by atoms with Gasteiger partial charge in [-0.25, -0.2) is 0 Å². The molecule has 124 valence electrons. The highest BCUT2D eigenvalue weighted by molar-refractivity contribution is 5.33. The summed E-state index contributed by atoms with van der Waals surface area (Å²) in [5.41, 5.74) is 1.73. The predicted octanol–water partition coefficient (Wildman–Crippen LogP) is 3.31. The number of hydrogen-bond acceptors (Lipinski definition) is 3. The topological polar surface area (TPSA) is 30.3 Å². The molecule has 0 bridgehead atoms. The Morgan fingerprint density at radius 3 is 2.78 bits per heavy atom. The maximum atomic E-state index is 12.5. The second-order valence-corrected chi connectivity index (χ2v) is 5.82. The van der Waals surface area contributed by atoms with Crippen LogP contribution < -0.4 is 4.74 Å². The first-order valence-corrected chi connectivity index (χ1v) is 7.45. The summed E-state index contributed by atoms with van der Waals surface area (Å²) < 4.78 is 43.3. The number of rotatable bonds is 4. The van der Waals surface area contributed by atoms with Crippen LogP contribution in [0, 0.1) is 0 Å². The Morgan fingerprint density at radius 2 is 2.09 bits per heavy atom. The molecule has 1 saturated heterocycles. The van der Waals surface area contributed by atoms with Gasteiger partial charge in [0, 0.05) is 37.8 Å². The van der Waals surface area contributed by atoms with Gasteiger partial charge in [-0.1, -0.05) is 18.2 Å². The van der Waals surface area contributed by atoms with Crippen LogP contribution in [0.15, 0.2) is 36.7 Å². The van der Waals surface area contributed by atoms with Crippen LogP contribution in [-0.4, -0.2) is 34.1 Å². The Balaban J connectivity index is 1.67. The largest absolute Gasteiger partial charge is 0.573 e. The summed E-state index contributed by atoms with van der Waals surface area (Å²) >= 11 is 0. The highest BCUT2D eigenvalue weighted by Crippen LogP contribution is 2.31. The smallest absolute Gasteiger partial charge is 0.405 e. The molecule has 1 unspecified atom stereocenters. The molecule has 0 N–H and O–H groups in total. The van der Waals surface area contributed by atoms with E-state index in [2.05, 4.69) is 14.7 Å². The first-order valence-electron chi connectivity index (χ1n) is 7.45. The minimum atomic E-state index is -4.67. The van der Waals surface area contributed by atoms with Crippen LogP contribution >= 0.6 is 0 Å². The number of ether oxygens (including phenoxy) is 1. The minimum absolute atomic E-state index is 0.121. The number of nitrogens with zero attached hydrogens (tertiary/aromatic N) is 3. The van der Waals surface area contributed by atoms with E-state index in [4.69, 9.17) is 0 Å². The Labute approximate surface area is 132 Å². The molecule has 1 aliphatic rings. The first kappa shape index (κ1) is 15.9. The molecule has 0 amide bonds. The van der Waals surface area contributed by atoms with Gasteiger partial charge >= 0.3 is 6.36 Å². The number of benzene rings is 1. The molecule has 1 aliphatic heterocycles. The van der Waals surface area contributed by atoms with Crippen LogP contribution in [-0.2, 0) is 13.6 Å². The number of halogens is 3. The average molecular weight is 325 g/mol. The van der Waals surface area contributed by atoms with Crippen molar-refractivity contribution in [3.8, 4) is 5.75 Å². The highest BCUT2D eigenvalue weighted by Gasteiger charge is 2.32. The Bertz CT molecular complexity index is 669. The molecule has 1 aromatic heterocycles. The number of aromatic nitrogens is 2. The summed E-state index contributed by atoms with van der Waals surface area (Å²) in [6.45, 7) is 2.11. The van der Waals surface area contributed by atoms with E-state index in [0.717, 1.165) is 19.5 Å². The summed E-state index contributed by atoms with van der Waals surface area (Å²) in [5, 5.41) is 4.18. The van der Waals surface area contributed by atoms with Gasteiger partial charge in [-0.05, 0) is 24.6 Å². The van der Waals surface area contributed by atoms with E-state index in [0.29, 0.717) is 18.0 Å². The molecular formula is C16H18F3N3O. The summed E-state index contributed by atoms with van der Waals surface area (Å²) in [5.74, 6) is 0.254. The van der Waals surface area contributed by atoms with Crippen molar-refractivity contribution in [1.82, 2.24) is 14.7 Å². The van der Waals surface area contributed by atoms with Gasteiger partial charge in [0.15, 0.2) is 0 Å². The van der Waals surface area contributed by atoms with Gasteiger partial charge in [0.25, 0.3) is 0 Å². The SMILES string of the molecule is Cn1cc(C2CCN(Cc3ccccc3OC(F)(F)F)C2)cn1. The Kier molecular flexibility index (Phi) is 4.30. The summed E-state index contributed by atoms with van der Waals surface area (Å²) in [4.78, 5) is 2.15. The molecule has 2 aromatic rings. The predicted molar refractivity (Wildman–Crippen MR) is 79.0 cm³/mol. The average Bonchev–Trinajstić information content (AvgIpc) is 3.08. The Morgan fingerprint density at radius 1 is 1.30 bits per heavy atom. The zero-order valence-corrected chi connectivity index (χ0v) is 12.8. The molecule has 23 heavy (non-hydrogen) atoms. The van der Waals surface area contributed by atoms with Crippen molar-refractivity contribution >= 4 is 0 Å². The lowest BCUT2D eigenvalue weighted by Crippen LogP contribution is -2.22. The first-order chi connectivity index (χ1) is 10.9. The van der Waals surface area contributed by atoms with Crippen LogP contribution in [0.25, 0.3) is 0 Å². The van der Waals surface area contributed by atoms with E-state index < -0.39 is 6.36 Å². The molecule has 0 radical (unpaired) electrons. The summed E-state index contributed by atoms with van der Waals surface area (Å²) in [7, 11) is 1.88. The quantitative estimate of drug-likeness (QED) is 0.864. The number of para-hydroxylation sites is 1. The van der Waals surface area contributed by atoms with Crippen LogP contribution in [0.4, 0.5) is 13.2 Å².